The molecule has 0 fully saturated rings. The van der Waals surface area contributed by atoms with Crippen molar-refractivity contribution in [3.05, 3.63) is 35.9 Å². The zero-order chi connectivity index (χ0) is 14.1. The van der Waals surface area contributed by atoms with E-state index in [1.54, 1.807) is 0 Å². The standard InChI is InChI=1S/C14H15NO4/c1-3-9-15(10-13(16)18-2)14(17)19-11-12-7-5-4-6-8-12/h1,4-8H,9-11H2,2H3. The van der Waals surface area contributed by atoms with Crippen LogP contribution in [0.5, 0.6) is 0 Å². The van der Waals surface area contributed by atoms with Gasteiger partial charge in [0, 0.05) is 0 Å². The van der Waals surface area contributed by atoms with E-state index >= 15 is 0 Å². The zero-order valence-corrected chi connectivity index (χ0v) is 10.7. The molecule has 5 nitrogen and oxygen atoms in total. The van der Waals surface area contributed by atoms with Crippen LogP contribution in [0.1, 0.15) is 5.56 Å². The summed E-state index contributed by atoms with van der Waals surface area (Å²) in [7, 11) is 1.24. The lowest BCUT2D eigenvalue weighted by molar-refractivity contribution is -0.141. The SMILES string of the molecule is C#CCN(CC(=O)OC)C(=O)OCc1ccccc1. The minimum absolute atomic E-state index is 0.0112. The van der Waals surface area contributed by atoms with E-state index in [9.17, 15) is 9.59 Å². The molecular weight excluding hydrogens is 246 g/mol. The van der Waals surface area contributed by atoms with E-state index in [1.165, 1.54) is 7.11 Å². The monoisotopic (exact) mass is 261 g/mol. The third-order valence-electron chi connectivity index (χ3n) is 2.29. The van der Waals surface area contributed by atoms with Crippen LogP contribution < -0.4 is 0 Å². The van der Waals surface area contributed by atoms with Crippen molar-refractivity contribution in [1.29, 1.82) is 0 Å². The second kappa shape index (κ2) is 7.77. The van der Waals surface area contributed by atoms with Gasteiger partial charge in [0.25, 0.3) is 0 Å². The Morgan fingerprint density at radius 2 is 2.00 bits per heavy atom. The Morgan fingerprint density at radius 1 is 1.32 bits per heavy atom. The Balaban J connectivity index is 2.53. The highest BCUT2D eigenvalue weighted by atomic mass is 16.6. The summed E-state index contributed by atoms with van der Waals surface area (Å²) < 4.78 is 9.55. The van der Waals surface area contributed by atoms with Crippen LogP contribution in [0.3, 0.4) is 0 Å². The van der Waals surface area contributed by atoms with Crippen LogP contribution in [0.25, 0.3) is 0 Å². The van der Waals surface area contributed by atoms with E-state index < -0.39 is 12.1 Å². The average molecular weight is 261 g/mol. The van der Waals surface area contributed by atoms with Gasteiger partial charge in [0.1, 0.15) is 13.2 Å². The van der Waals surface area contributed by atoms with Gasteiger partial charge in [-0.05, 0) is 5.56 Å². The van der Waals surface area contributed by atoms with Crippen LogP contribution in [-0.4, -0.2) is 37.2 Å². The molecule has 1 amide bonds. The summed E-state index contributed by atoms with van der Waals surface area (Å²) in [6.45, 7) is -0.112. The number of hydrogen-bond acceptors (Lipinski definition) is 4. The Morgan fingerprint density at radius 3 is 2.58 bits per heavy atom. The molecule has 0 aromatic heterocycles. The van der Waals surface area contributed by atoms with Gasteiger partial charge in [-0.25, -0.2) is 4.79 Å². The molecule has 1 aromatic rings. The first-order chi connectivity index (χ1) is 9.17. The number of terminal acetylenes is 1. The van der Waals surface area contributed by atoms with Crippen molar-refractivity contribution in [3.63, 3.8) is 0 Å². The largest absolute Gasteiger partial charge is 0.468 e. The van der Waals surface area contributed by atoms with Crippen molar-refractivity contribution < 1.29 is 19.1 Å². The van der Waals surface area contributed by atoms with Gasteiger partial charge in [0.15, 0.2) is 0 Å². The molecule has 1 rings (SSSR count). The van der Waals surface area contributed by atoms with Crippen LogP contribution in [-0.2, 0) is 20.9 Å². The first-order valence-electron chi connectivity index (χ1n) is 5.63. The van der Waals surface area contributed by atoms with E-state index in [-0.39, 0.29) is 19.7 Å². The molecule has 100 valence electrons. The maximum atomic E-state index is 11.8. The molecule has 0 N–H and O–H groups in total. The predicted molar refractivity (Wildman–Crippen MR) is 69.0 cm³/mol. The summed E-state index contributed by atoms with van der Waals surface area (Å²) in [6, 6.07) is 9.22. The van der Waals surface area contributed by atoms with Crippen molar-refractivity contribution >= 4 is 12.1 Å². The molecule has 0 radical (unpaired) electrons. The Kier molecular flexibility index (Phi) is 5.96. The van der Waals surface area contributed by atoms with Crippen molar-refractivity contribution in [2.75, 3.05) is 20.2 Å². The zero-order valence-electron chi connectivity index (χ0n) is 10.7. The number of esters is 1. The number of amides is 1. The molecule has 0 atom stereocenters. The van der Waals surface area contributed by atoms with Crippen LogP contribution in [0.2, 0.25) is 0 Å². The molecule has 0 aliphatic rings. The Hall–Kier alpha value is -2.48. The third kappa shape index (κ3) is 5.13. The molecule has 0 aliphatic carbocycles. The van der Waals surface area contributed by atoms with Crippen molar-refractivity contribution in [2.24, 2.45) is 0 Å². The quantitative estimate of drug-likeness (QED) is 0.594. The molecule has 19 heavy (non-hydrogen) atoms. The van der Waals surface area contributed by atoms with Crippen molar-refractivity contribution in [3.8, 4) is 12.3 Å². The molecule has 0 saturated heterocycles. The van der Waals surface area contributed by atoms with Gasteiger partial charge in [-0.15, -0.1) is 6.42 Å². The normalized spacial score (nSPS) is 9.26. The first kappa shape index (κ1) is 14.6. The molecule has 0 bridgehead atoms. The van der Waals surface area contributed by atoms with Crippen LogP contribution >= 0.6 is 0 Å². The van der Waals surface area contributed by atoms with Gasteiger partial charge in [-0.2, -0.15) is 0 Å². The Bertz CT molecular complexity index is 464. The maximum absolute atomic E-state index is 11.8. The summed E-state index contributed by atoms with van der Waals surface area (Å²) in [4.78, 5) is 24.0. The number of carbonyl (C=O) groups excluding carboxylic acids is 2. The summed E-state index contributed by atoms with van der Waals surface area (Å²) in [5.41, 5.74) is 0.856. The fraction of sp³-hybridized carbons (Fsp3) is 0.286. The van der Waals surface area contributed by atoms with E-state index in [1.807, 2.05) is 30.3 Å². The number of ether oxygens (including phenoxy) is 2. The summed E-state index contributed by atoms with van der Waals surface area (Å²) in [6.07, 6.45) is 4.49. The second-order valence-electron chi connectivity index (χ2n) is 3.68. The number of carbonyl (C=O) groups is 2. The molecule has 0 unspecified atom stereocenters. The summed E-state index contributed by atoms with van der Waals surface area (Å²) in [5, 5.41) is 0. The van der Waals surface area contributed by atoms with E-state index in [4.69, 9.17) is 11.2 Å². The van der Waals surface area contributed by atoms with Gasteiger partial charge in [-0.1, -0.05) is 36.3 Å². The van der Waals surface area contributed by atoms with E-state index in [0.717, 1.165) is 10.5 Å². The summed E-state index contributed by atoms with van der Waals surface area (Å²) in [5.74, 6) is 1.74. The maximum Gasteiger partial charge on any atom is 0.411 e. The molecule has 5 heteroatoms. The minimum atomic E-state index is -0.646. The smallest absolute Gasteiger partial charge is 0.411 e. The molecule has 0 aliphatic heterocycles. The average Bonchev–Trinajstić information content (AvgIpc) is 2.45. The minimum Gasteiger partial charge on any atom is -0.468 e. The lowest BCUT2D eigenvalue weighted by Gasteiger charge is -2.18. The van der Waals surface area contributed by atoms with E-state index in [2.05, 4.69) is 10.7 Å². The molecule has 1 aromatic carbocycles. The van der Waals surface area contributed by atoms with Crippen molar-refractivity contribution in [2.45, 2.75) is 6.61 Å². The molecular formula is C14H15NO4. The highest BCUT2D eigenvalue weighted by Gasteiger charge is 2.17. The van der Waals surface area contributed by atoms with Gasteiger partial charge >= 0.3 is 12.1 Å². The third-order valence-corrected chi connectivity index (χ3v) is 2.29. The van der Waals surface area contributed by atoms with Crippen LogP contribution in [0.4, 0.5) is 4.79 Å². The fourth-order valence-electron chi connectivity index (χ4n) is 1.33. The van der Waals surface area contributed by atoms with Crippen molar-refractivity contribution in [1.82, 2.24) is 4.90 Å². The van der Waals surface area contributed by atoms with Crippen LogP contribution in [0, 0.1) is 12.3 Å². The Labute approximate surface area is 112 Å². The first-order valence-corrected chi connectivity index (χ1v) is 5.63. The van der Waals surface area contributed by atoms with Gasteiger partial charge in [0.05, 0.1) is 13.7 Å². The fourth-order valence-corrected chi connectivity index (χ4v) is 1.33. The second-order valence-corrected chi connectivity index (χ2v) is 3.68. The predicted octanol–water partition coefficient (Wildman–Crippen LogP) is 1.43. The molecule has 0 spiro atoms. The van der Waals surface area contributed by atoms with Crippen LogP contribution in [0.15, 0.2) is 30.3 Å². The number of benzene rings is 1. The molecule has 0 saturated carbocycles. The van der Waals surface area contributed by atoms with Gasteiger partial charge < -0.3 is 9.47 Å². The number of rotatable bonds is 5. The topological polar surface area (TPSA) is 55.8 Å². The lowest BCUT2D eigenvalue weighted by atomic mass is 10.2. The van der Waals surface area contributed by atoms with Gasteiger partial charge in [0.2, 0.25) is 0 Å². The number of hydrogen-bond donors (Lipinski definition) is 0. The van der Waals surface area contributed by atoms with Gasteiger partial charge in [-0.3, -0.25) is 9.69 Å². The number of methoxy groups -OCH3 is 1. The highest BCUT2D eigenvalue weighted by Crippen LogP contribution is 2.03. The summed E-state index contributed by atoms with van der Waals surface area (Å²) >= 11 is 0. The highest BCUT2D eigenvalue weighted by molar-refractivity contribution is 5.78. The van der Waals surface area contributed by atoms with E-state index in [0.29, 0.717) is 0 Å². The lowest BCUT2D eigenvalue weighted by Crippen LogP contribution is -2.36. The molecule has 0 heterocycles. The number of nitrogens with zero attached hydrogens (tertiary/aromatic N) is 1.